The Bertz CT molecular complexity index is 241. The number of thioether (sulfide) groups is 1. The molecule has 13 heavy (non-hydrogen) atoms. The predicted octanol–water partition coefficient (Wildman–Crippen LogP) is 2.16. The van der Waals surface area contributed by atoms with E-state index in [1.165, 1.54) is 0 Å². The number of aromatic nitrogens is 1. The lowest BCUT2D eigenvalue weighted by atomic mass is 10.4. The fourth-order valence-corrected chi connectivity index (χ4v) is 1.79. The van der Waals surface area contributed by atoms with E-state index in [0.717, 1.165) is 35.3 Å². The summed E-state index contributed by atoms with van der Waals surface area (Å²) in [4.78, 5) is 4.24. The molecule has 0 spiro atoms. The van der Waals surface area contributed by atoms with Crippen molar-refractivity contribution in [2.75, 3.05) is 12.4 Å². The maximum Gasteiger partial charge on any atom is 0.256 e. The second-order valence-electron chi connectivity index (χ2n) is 2.90. The molecule has 0 aliphatic rings. The van der Waals surface area contributed by atoms with Gasteiger partial charge >= 0.3 is 0 Å². The Kier molecular flexibility index (Phi) is 4.32. The van der Waals surface area contributed by atoms with E-state index in [1.54, 1.807) is 11.8 Å². The minimum Gasteiger partial charge on any atom is -0.437 e. The number of rotatable bonds is 5. The molecular weight excluding hydrogens is 186 g/mol. The number of nitrogens with zero attached hydrogens (tertiary/aromatic N) is 1. The van der Waals surface area contributed by atoms with Gasteiger partial charge in [-0.3, -0.25) is 0 Å². The molecule has 0 saturated carbocycles. The first-order valence-corrected chi connectivity index (χ1v) is 5.40. The molecule has 1 N–H and O–H groups in total. The molecule has 1 heterocycles. The minimum atomic E-state index is 0.268. The van der Waals surface area contributed by atoms with Gasteiger partial charge in [0, 0.05) is 12.4 Å². The van der Waals surface area contributed by atoms with Gasteiger partial charge in [-0.05, 0) is 26.7 Å². The largest absolute Gasteiger partial charge is 0.437 e. The summed E-state index contributed by atoms with van der Waals surface area (Å²) in [5.41, 5.74) is 0.963. The normalized spacial score (nSPS) is 10.7. The van der Waals surface area contributed by atoms with Crippen LogP contribution in [-0.4, -0.2) is 22.5 Å². The zero-order valence-corrected chi connectivity index (χ0v) is 8.86. The van der Waals surface area contributed by atoms with Crippen LogP contribution < -0.4 is 0 Å². The summed E-state index contributed by atoms with van der Waals surface area (Å²) in [5, 5.41) is 9.31. The number of oxazole rings is 1. The molecule has 1 rings (SSSR count). The average Bonchev–Trinajstić information content (AvgIpc) is 2.41. The van der Waals surface area contributed by atoms with Crippen LogP contribution >= 0.6 is 11.8 Å². The Hall–Kier alpha value is -0.480. The smallest absolute Gasteiger partial charge is 0.256 e. The topological polar surface area (TPSA) is 46.3 Å². The Morgan fingerprint density at radius 1 is 1.38 bits per heavy atom. The summed E-state index contributed by atoms with van der Waals surface area (Å²) in [6, 6.07) is 0. The number of hydrogen-bond donors (Lipinski definition) is 1. The highest BCUT2D eigenvalue weighted by atomic mass is 32.2. The maximum atomic E-state index is 8.56. The van der Waals surface area contributed by atoms with Crippen molar-refractivity contribution in [2.45, 2.75) is 31.9 Å². The van der Waals surface area contributed by atoms with Crippen molar-refractivity contribution in [1.82, 2.24) is 4.98 Å². The lowest BCUT2D eigenvalue weighted by Crippen LogP contribution is -1.85. The number of aliphatic hydroxyl groups is 1. The lowest BCUT2D eigenvalue weighted by molar-refractivity contribution is 0.287. The van der Waals surface area contributed by atoms with Gasteiger partial charge in [0.25, 0.3) is 5.22 Å². The van der Waals surface area contributed by atoms with Crippen molar-refractivity contribution in [2.24, 2.45) is 0 Å². The molecule has 0 aliphatic heterocycles. The van der Waals surface area contributed by atoms with Gasteiger partial charge in [-0.15, -0.1) is 0 Å². The summed E-state index contributed by atoms with van der Waals surface area (Å²) < 4.78 is 5.38. The van der Waals surface area contributed by atoms with E-state index >= 15 is 0 Å². The maximum absolute atomic E-state index is 8.56. The van der Waals surface area contributed by atoms with E-state index in [1.807, 2.05) is 13.8 Å². The van der Waals surface area contributed by atoms with Gasteiger partial charge in [-0.1, -0.05) is 11.8 Å². The highest BCUT2D eigenvalue weighted by Gasteiger charge is 2.04. The van der Waals surface area contributed by atoms with E-state index in [-0.39, 0.29) is 6.61 Å². The highest BCUT2D eigenvalue weighted by molar-refractivity contribution is 7.99. The summed E-state index contributed by atoms with van der Waals surface area (Å²) in [5.74, 6) is 1.85. The monoisotopic (exact) mass is 201 g/mol. The van der Waals surface area contributed by atoms with Gasteiger partial charge in [0.15, 0.2) is 0 Å². The molecular formula is C9H15NO2S. The first-order chi connectivity index (χ1) is 6.24. The van der Waals surface area contributed by atoms with E-state index in [0.29, 0.717) is 0 Å². The first-order valence-electron chi connectivity index (χ1n) is 4.41. The highest BCUT2D eigenvalue weighted by Crippen LogP contribution is 2.20. The summed E-state index contributed by atoms with van der Waals surface area (Å²) >= 11 is 1.61. The van der Waals surface area contributed by atoms with Crippen molar-refractivity contribution in [3.05, 3.63) is 11.5 Å². The molecule has 0 saturated heterocycles. The zero-order valence-electron chi connectivity index (χ0n) is 8.04. The van der Waals surface area contributed by atoms with Crippen molar-refractivity contribution in [3.63, 3.8) is 0 Å². The molecule has 0 bridgehead atoms. The standard InChI is InChI=1S/C9H15NO2S/c1-7-8(2)12-9(10-7)13-6-4-3-5-11/h11H,3-6H2,1-2H3. The third kappa shape index (κ3) is 3.40. The minimum absolute atomic E-state index is 0.268. The van der Waals surface area contributed by atoms with Gasteiger partial charge in [-0.2, -0.15) is 0 Å². The molecule has 4 heteroatoms. The average molecular weight is 201 g/mol. The Morgan fingerprint density at radius 2 is 2.15 bits per heavy atom. The van der Waals surface area contributed by atoms with Crippen LogP contribution in [0.15, 0.2) is 9.64 Å². The fraction of sp³-hybridized carbons (Fsp3) is 0.667. The van der Waals surface area contributed by atoms with Crippen molar-refractivity contribution in [1.29, 1.82) is 0 Å². The lowest BCUT2D eigenvalue weighted by Gasteiger charge is -1.94. The van der Waals surface area contributed by atoms with E-state index in [4.69, 9.17) is 9.52 Å². The number of hydrogen-bond acceptors (Lipinski definition) is 4. The zero-order chi connectivity index (χ0) is 9.68. The van der Waals surface area contributed by atoms with E-state index in [9.17, 15) is 0 Å². The molecule has 1 aromatic heterocycles. The number of aryl methyl sites for hydroxylation is 2. The molecule has 0 aromatic carbocycles. The Labute approximate surface area is 82.6 Å². The van der Waals surface area contributed by atoms with Crippen LogP contribution in [0.3, 0.4) is 0 Å². The van der Waals surface area contributed by atoms with Crippen LogP contribution in [0.1, 0.15) is 24.3 Å². The van der Waals surface area contributed by atoms with Gasteiger partial charge < -0.3 is 9.52 Å². The molecule has 0 unspecified atom stereocenters. The van der Waals surface area contributed by atoms with Gasteiger partial charge in [0.2, 0.25) is 0 Å². The summed E-state index contributed by atoms with van der Waals surface area (Å²) in [7, 11) is 0. The SMILES string of the molecule is Cc1nc(SCCCCO)oc1C. The number of aliphatic hydroxyl groups excluding tert-OH is 1. The van der Waals surface area contributed by atoms with Crippen LogP contribution in [0.2, 0.25) is 0 Å². The Morgan fingerprint density at radius 3 is 2.69 bits per heavy atom. The molecule has 0 amide bonds. The fourth-order valence-electron chi connectivity index (χ4n) is 0.878. The van der Waals surface area contributed by atoms with Crippen molar-refractivity contribution < 1.29 is 9.52 Å². The van der Waals surface area contributed by atoms with Crippen LogP contribution in [0.5, 0.6) is 0 Å². The van der Waals surface area contributed by atoms with Gasteiger partial charge in [0.1, 0.15) is 5.76 Å². The first kappa shape index (κ1) is 10.6. The molecule has 3 nitrogen and oxygen atoms in total. The van der Waals surface area contributed by atoms with Gasteiger partial charge in [-0.25, -0.2) is 4.98 Å². The van der Waals surface area contributed by atoms with Crippen LogP contribution in [0.4, 0.5) is 0 Å². The second-order valence-corrected chi connectivity index (χ2v) is 3.95. The Balaban J connectivity index is 2.29. The third-order valence-electron chi connectivity index (χ3n) is 1.79. The molecule has 0 aliphatic carbocycles. The van der Waals surface area contributed by atoms with E-state index in [2.05, 4.69) is 4.98 Å². The van der Waals surface area contributed by atoms with Crippen molar-refractivity contribution >= 4 is 11.8 Å². The quantitative estimate of drug-likeness (QED) is 0.585. The summed E-state index contributed by atoms with van der Waals surface area (Å²) in [6.45, 7) is 4.13. The third-order valence-corrected chi connectivity index (χ3v) is 2.70. The van der Waals surface area contributed by atoms with Crippen LogP contribution in [0, 0.1) is 13.8 Å². The number of unbranched alkanes of at least 4 members (excludes halogenated alkanes) is 1. The van der Waals surface area contributed by atoms with Gasteiger partial charge in [0.05, 0.1) is 5.69 Å². The predicted molar refractivity (Wildman–Crippen MR) is 53.0 cm³/mol. The van der Waals surface area contributed by atoms with E-state index < -0.39 is 0 Å². The summed E-state index contributed by atoms with van der Waals surface area (Å²) in [6.07, 6.45) is 1.85. The second kappa shape index (κ2) is 5.29. The molecule has 1 aromatic rings. The molecule has 0 atom stereocenters. The van der Waals surface area contributed by atoms with Crippen molar-refractivity contribution in [3.8, 4) is 0 Å². The van der Waals surface area contributed by atoms with Crippen LogP contribution in [-0.2, 0) is 0 Å². The molecule has 74 valence electrons. The molecule has 0 fully saturated rings. The molecule has 0 radical (unpaired) electrons. The van der Waals surface area contributed by atoms with Crippen LogP contribution in [0.25, 0.3) is 0 Å².